The van der Waals surface area contributed by atoms with Gasteiger partial charge < -0.3 is 16.2 Å². The molecule has 3 rings (SSSR count). The maximum atomic E-state index is 8.93. The van der Waals surface area contributed by atoms with Crippen LogP contribution in [0.1, 0.15) is 11.1 Å². The molecule has 2 aromatic heterocycles. The minimum atomic E-state index is 0.0513. The second kappa shape index (κ2) is 7.20. The topological polar surface area (TPSA) is 104 Å². The van der Waals surface area contributed by atoms with Crippen molar-refractivity contribution < 1.29 is 10.8 Å². The van der Waals surface area contributed by atoms with Gasteiger partial charge in [0, 0.05) is 23.5 Å². The van der Waals surface area contributed by atoms with Gasteiger partial charge in [0.2, 0.25) is 5.95 Å². The predicted molar refractivity (Wildman–Crippen MR) is 91.4 cm³/mol. The molecular weight excluding hydrogens is 304 g/mol. The van der Waals surface area contributed by atoms with E-state index in [0.717, 1.165) is 23.5 Å². The summed E-state index contributed by atoms with van der Waals surface area (Å²) in [7, 11) is 0. The molecule has 124 valence electrons. The van der Waals surface area contributed by atoms with E-state index >= 15 is 0 Å². The quantitative estimate of drug-likeness (QED) is 0.630. The molecule has 0 atom stereocenters. The second-order valence-electron chi connectivity index (χ2n) is 5.50. The molecule has 0 aliphatic heterocycles. The van der Waals surface area contributed by atoms with Gasteiger partial charge >= 0.3 is 0 Å². The SMILES string of the molecule is Cc1cc(-c2ccnc(Nc3cnn(CCO)c3)n2)ccc1C[NH3+]. The highest BCUT2D eigenvalue weighted by Gasteiger charge is 2.06. The number of anilines is 2. The van der Waals surface area contributed by atoms with Crippen molar-refractivity contribution in [2.45, 2.75) is 20.0 Å². The molecule has 1 aromatic carbocycles. The average molecular weight is 325 g/mol. The fraction of sp³-hybridized carbons (Fsp3) is 0.235. The van der Waals surface area contributed by atoms with Crippen LogP contribution in [0.4, 0.5) is 11.6 Å². The number of nitrogens with zero attached hydrogens (tertiary/aromatic N) is 4. The summed E-state index contributed by atoms with van der Waals surface area (Å²) >= 11 is 0. The van der Waals surface area contributed by atoms with Gasteiger partial charge in [0.1, 0.15) is 0 Å². The number of aryl methyl sites for hydroxylation is 1. The molecule has 0 aliphatic rings. The van der Waals surface area contributed by atoms with Gasteiger partial charge in [-0.15, -0.1) is 0 Å². The number of nitrogens with one attached hydrogen (secondary N) is 1. The third-order valence-corrected chi connectivity index (χ3v) is 3.78. The fourth-order valence-electron chi connectivity index (χ4n) is 2.50. The van der Waals surface area contributed by atoms with Crippen LogP contribution in [0, 0.1) is 6.92 Å². The normalized spacial score (nSPS) is 10.8. The third-order valence-electron chi connectivity index (χ3n) is 3.78. The van der Waals surface area contributed by atoms with Crippen LogP contribution in [-0.4, -0.2) is 31.5 Å². The summed E-state index contributed by atoms with van der Waals surface area (Å²) in [6.45, 7) is 3.37. The lowest BCUT2D eigenvalue weighted by Crippen LogP contribution is -2.47. The molecule has 0 saturated carbocycles. The van der Waals surface area contributed by atoms with E-state index in [1.165, 1.54) is 11.1 Å². The highest BCUT2D eigenvalue weighted by molar-refractivity contribution is 5.63. The van der Waals surface area contributed by atoms with Crippen molar-refractivity contribution in [1.82, 2.24) is 19.7 Å². The summed E-state index contributed by atoms with van der Waals surface area (Å²) in [5.41, 5.74) is 9.07. The Morgan fingerprint density at radius 3 is 2.92 bits per heavy atom. The van der Waals surface area contributed by atoms with Crippen LogP contribution in [0.3, 0.4) is 0 Å². The zero-order chi connectivity index (χ0) is 16.9. The summed E-state index contributed by atoms with van der Waals surface area (Å²) in [6, 6.07) is 8.15. The zero-order valence-corrected chi connectivity index (χ0v) is 13.6. The molecule has 0 unspecified atom stereocenters. The van der Waals surface area contributed by atoms with Gasteiger partial charge in [-0.1, -0.05) is 12.1 Å². The molecule has 0 bridgehead atoms. The van der Waals surface area contributed by atoms with Crippen LogP contribution in [0.5, 0.6) is 0 Å². The first-order valence-corrected chi connectivity index (χ1v) is 7.82. The molecule has 0 saturated heterocycles. The lowest BCUT2D eigenvalue weighted by atomic mass is 10.0. The number of aliphatic hydroxyl groups excluding tert-OH is 1. The van der Waals surface area contributed by atoms with E-state index in [4.69, 9.17) is 5.11 Å². The van der Waals surface area contributed by atoms with Gasteiger partial charge in [0.25, 0.3) is 0 Å². The molecule has 0 fully saturated rings. The summed E-state index contributed by atoms with van der Waals surface area (Å²) in [6.07, 6.45) is 5.21. The molecule has 7 heteroatoms. The number of hydrogen-bond acceptors (Lipinski definition) is 5. The van der Waals surface area contributed by atoms with Gasteiger partial charge in [-0.05, 0) is 24.6 Å². The van der Waals surface area contributed by atoms with Crippen LogP contribution < -0.4 is 11.1 Å². The Morgan fingerprint density at radius 1 is 1.29 bits per heavy atom. The molecule has 2 heterocycles. The lowest BCUT2D eigenvalue weighted by molar-refractivity contribution is -0.386. The van der Waals surface area contributed by atoms with E-state index in [2.05, 4.69) is 51.2 Å². The minimum absolute atomic E-state index is 0.0513. The molecular formula is C17H21N6O+. The van der Waals surface area contributed by atoms with Gasteiger partial charge in [-0.3, -0.25) is 4.68 Å². The van der Waals surface area contributed by atoms with Crippen molar-refractivity contribution in [1.29, 1.82) is 0 Å². The number of rotatable bonds is 6. The molecule has 7 nitrogen and oxygen atoms in total. The van der Waals surface area contributed by atoms with Crippen molar-refractivity contribution in [3.63, 3.8) is 0 Å². The Hall–Kier alpha value is -2.77. The van der Waals surface area contributed by atoms with Crippen molar-refractivity contribution in [2.75, 3.05) is 11.9 Å². The van der Waals surface area contributed by atoms with E-state index in [1.807, 2.05) is 6.07 Å². The maximum absolute atomic E-state index is 8.93. The lowest BCUT2D eigenvalue weighted by Gasteiger charge is -2.07. The van der Waals surface area contributed by atoms with Crippen LogP contribution in [0.15, 0.2) is 42.9 Å². The minimum Gasteiger partial charge on any atom is -0.394 e. The molecule has 0 amide bonds. The molecule has 24 heavy (non-hydrogen) atoms. The van der Waals surface area contributed by atoms with Crippen molar-refractivity contribution >= 4 is 11.6 Å². The van der Waals surface area contributed by atoms with Gasteiger partial charge in [0.15, 0.2) is 0 Å². The van der Waals surface area contributed by atoms with E-state index in [1.54, 1.807) is 23.3 Å². The van der Waals surface area contributed by atoms with Gasteiger partial charge in [-0.2, -0.15) is 5.10 Å². The highest BCUT2D eigenvalue weighted by Crippen LogP contribution is 2.22. The molecule has 5 N–H and O–H groups in total. The Kier molecular flexibility index (Phi) is 4.83. The van der Waals surface area contributed by atoms with Crippen LogP contribution in [0.25, 0.3) is 11.3 Å². The fourth-order valence-corrected chi connectivity index (χ4v) is 2.50. The highest BCUT2D eigenvalue weighted by atomic mass is 16.3. The first-order valence-electron chi connectivity index (χ1n) is 7.82. The first kappa shape index (κ1) is 16.1. The second-order valence-corrected chi connectivity index (χ2v) is 5.50. The predicted octanol–water partition coefficient (Wildman–Crippen LogP) is 1.13. The molecule has 3 aromatic rings. The largest absolute Gasteiger partial charge is 0.394 e. The van der Waals surface area contributed by atoms with Gasteiger partial charge in [0.05, 0.1) is 37.3 Å². The van der Waals surface area contributed by atoms with Crippen molar-refractivity contribution in [2.24, 2.45) is 0 Å². The summed E-state index contributed by atoms with van der Waals surface area (Å²) in [5, 5.41) is 16.2. The first-order chi connectivity index (χ1) is 11.7. The molecule has 0 aliphatic carbocycles. The van der Waals surface area contributed by atoms with Crippen LogP contribution in [-0.2, 0) is 13.1 Å². The number of quaternary nitrogens is 1. The number of hydrogen-bond donors (Lipinski definition) is 3. The smallest absolute Gasteiger partial charge is 0.227 e. The molecule has 0 radical (unpaired) electrons. The number of aromatic nitrogens is 4. The third kappa shape index (κ3) is 3.58. The van der Waals surface area contributed by atoms with E-state index in [9.17, 15) is 0 Å². The average Bonchev–Trinajstić information content (AvgIpc) is 3.02. The summed E-state index contributed by atoms with van der Waals surface area (Å²) < 4.78 is 1.66. The standard InChI is InChI=1S/C17H20N6O/c1-12-8-13(2-3-14(12)9-18)16-4-5-19-17(22-16)21-15-10-20-23(11-15)6-7-24/h2-5,8,10-11,24H,6-7,9,18H2,1H3,(H,19,21,22)/p+1. The number of aliphatic hydroxyl groups is 1. The Labute approximate surface area is 140 Å². The molecule has 0 spiro atoms. The van der Waals surface area contributed by atoms with E-state index in [-0.39, 0.29) is 6.61 Å². The number of benzene rings is 1. The summed E-state index contributed by atoms with van der Waals surface area (Å²) in [5.74, 6) is 0.509. The zero-order valence-electron chi connectivity index (χ0n) is 13.6. The summed E-state index contributed by atoms with van der Waals surface area (Å²) in [4.78, 5) is 8.82. The Balaban J connectivity index is 1.82. The maximum Gasteiger partial charge on any atom is 0.227 e. The monoisotopic (exact) mass is 325 g/mol. The van der Waals surface area contributed by atoms with E-state index < -0.39 is 0 Å². The Bertz CT molecular complexity index is 829. The van der Waals surface area contributed by atoms with Gasteiger partial charge in [-0.25, -0.2) is 9.97 Å². The van der Waals surface area contributed by atoms with Crippen molar-refractivity contribution in [3.8, 4) is 11.3 Å². The van der Waals surface area contributed by atoms with Crippen LogP contribution >= 0.6 is 0 Å². The van der Waals surface area contributed by atoms with Crippen LogP contribution in [0.2, 0.25) is 0 Å². The van der Waals surface area contributed by atoms with Crippen molar-refractivity contribution in [3.05, 3.63) is 54.0 Å². The van der Waals surface area contributed by atoms with E-state index in [0.29, 0.717) is 12.5 Å². The Morgan fingerprint density at radius 2 is 2.17 bits per heavy atom.